The number of nitrogens with one attached hydrogen (secondary N) is 1. The van der Waals surface area contributed by atoms with Gasteiger partial charge in [-0.15, -0.1) is 0 Å². The zero-order chi connectivity index (χ0) is 19.2. The molecule has 0 unspecified atom stereocenters. The van der Waals surface area contributed by atoms with E-state index in [2.05, 4.69) is 34.0 Å². The monoisotopic (exact) mass is 369 g/mol. The lowest BCUT2D eigenvalue weighted by atomic mass is 10.2. The number of methoxy groups -OCH3 is 1. The molecule has 1 saturated heterocycles. The molecule has 2 heterocycles. The van der Waals surface area contributed by atoms with Crippen molar-refractivity contribution in [2.75, 3.05) is 50.1 Å². The number of rotatable bonds is 6. The average Bonchev–Trinajstić information content (AvgIpc) is 2.72. The molecular weight excluding hydrogens is 342 g/mol. The summed E-state index contributed by atoms with van der Waals surface area (Å²) >= 11 is 0. The van der Waals surface area contributed by atoms with Crippen molar-refractivity contribution >= 4 is 17.4 Å². The van der Waals surface area contributed by atoms with Crippen LogP contribution in [0.2, 0.25) is 0 Å². The molecule has 3 rings (SSSR count). The molecule has 0 aliphatic carbocycles. The van der Waals surface area contributed by atoms with Gasteiger partial charge in [0, 0.05) is 38.8 Å². The standard InChI is InChI=1S/C20H27N5O2/c1-15(2)13-21-19-12-16(22-14-23-19)20(26)25-10-8-24(9-11-25)17-6-4-5-7-18(17)27-3/h4-7,12,14-15H,8-11,13H2,1-3H3,(H,21,22,23). The van der Waals surface area contributed by atoms with E-state index >= 15 is 0 Å². The Bertz CT molecular complexity index is 772. The number of aromatic nitrogens is 2. The average molecular weight is 369 g/mol. The molecule has 0 atom stereocenters. The number of ether oxygens (including phenoxy) is 1. The van der Waals surface area contributed by atoms with Gasteiger partial charge in [0.2, 0.25) is 0 Å². The second-order valence-corrected chi connectivity index (χ2v) is 7.01. The predicted molar refractivity (Wildman–Crippen MR) is 106 cm³/mol. The van der Waals surface area contributed by atoms with Gasteiger partial charge in [-0.3, -0.25) is 4.79 Å². The summed E-state index contributed by atoms with van der Waals surface area (Å²) in [6, 6.07) is 9.70. The van der Waals surface area contributed by atoms with Crippen LogP contribution in [0.4, 0.5) is 11.5 Å². The zero-order valence-electron chi connectivity index (χ0n) is 16.2. The number of amides is 1. The van der Waals surface area contributed by atoms with Crippen molar-refractivity contribution in [3.05, 3.63) is 42.4 Å². The molecule has 2 aromatic rings. The molecule has 1 aliphatic rings. The fraction of sp³-hybridized carbons (Fsp3) is 0.450. The van der Waals surface area contributed by atoms with Gasteiger partial charge in [-0.05, 0) is 18.1 Å². The van der Waals surface area contributed by atoms with Crippen LogP contribution in [-0.4, -0.2) is 60.6 Å². The maximum Gasteiger partial charge on any atom is 0.272 e. The van der Waals surface area contributed by atoms with Crippen molar-refractivity contribution in [3.8, 4) is 5.75 Å². The topological polar surface area (TPSA) is 70.6 Å². The molecule has 0 saturated carbocycles. The Kier molecular flexibility index (Phi) is 6.11. The normalized spacial score (nSPS) is 14.4. The summed E-state index contributed by atoms with van der Waals surface area (Å²) in [7, 11) is 1.68. The molecular formula is C20H27N5O2. The quantitative estimate of drug-likeness (QED) is 0.844. The Morgan fingerprint density at radius 1 is 1.19 bits per heavy atom. The molecule has 7 nitrogen and oxygen atoms in total. The second kappa shape index (κ2) is 8.70. The minimum Gasteiger partial charge on any atom is -0.495 e. The molecule has 1 aromatic carbocycles. The van der Waals surface area contributed by atoms with Gasteiger partial charge in [-0.1, -0.05) is 26.0 Å². The Morgan fingerprint density at radius 2 is 1.93 bits per heavy atom. The molecule has 0 radical (unpaired) electrons. The van der Waals surface area contributed by atoms with Crippen LogP contribution in [-0.2, 0) is 0 Å². The highest BCUT2D eigenvalue weighted by Gasteiger charge is 2.24. The fourth-order valence-electron chi connectivity index (χ4n) is 3.08. The summed E-state index contributed by atoms with van der Waals surface area (Å²) in [5.74, 6) is 2.00. The first kappa shape index (κ1) is 18.9. The van der Waals surface area contributed by atoms with Crippen LogP contribution >= 0.6 is 0 Å². The van der Waals surface area contributed by atoms with Crippen LogP contribution in [0.25, 0.3) is 0 Å². The van der Waals surface area contributed by atoms with Gasteiger partial charge in [0.1, 0.15) is 23.6 Å². The van der Waals surface area contributed by atoms with E-state index in [1.54, 1.807) is 13.2 Å². The molecule has 1 aliphatic heterocycles. The highest BCUT2D eigenvalue weighted by atomic mass is 16.5. The van der Waals surface area contributed by atoms with E-state index in [1.165, 1.54) is 6.33 Å². The summed E-state index contributed by atoms with van der Waals surface area (Å²) < 4.78 is 5.45. The minimum atomic E-state index is -0.0512. The zero-order valence-corrected chi connectivity index (χ0v) is 16.2. The van der Waals surface area contributed by atoms with Crippen LogP contribution in [0, 0.1) is 5.92 Å². The lowest BCUT2D eigenvalue weighted by Gasteiger charge is -2.36. The van der Waals surface area contributed by atoms with E-state index in [4.69, 9.17) is 4.74 Å². The number of nitrogens with zero attached hydrogens (tertiary/aromatic N) is 4. The number of piperazine rings is 1. The number of carbonyl (C=O) groups is 1. The first-order chi connectivity index (χ1) is 13.1. The van der Waals surface area contributed by atoms with E-state index in [-0.39, 0.29) is 5.91 Å². The molecule has 0 bridgehead atoms. The van der Waals surface area contributed by atoms with Crippen LogP contribution in [0.1, 0.15) is 24.3 Å². The third-order valence-electron chi connectivity index (χ3n) is 4.57. The second-order valence-electron chi connectivity index (χ2n) is 7.01. The van der Waals surface area contributed by atoms with Gasteiger partial charge in [0.25, 0.3) is 5.91 Å². The Balaban J connectivity index is 1.62. The van der Waals surface area contributed by atoms with E-state index in [1.807, 2.05) is 29.2 Å². The van der Waals surface area contributed by atoms with Gasteiger partial charge in [0.05, 0.1) is 12.8 Å². The molecule has 27 heavy (non-hydrogen) atoms. The van der Waals surface area contributed by atoms with Crippen molar-refractivity contribution in [1.82, 2.24) is 14.9 Å². The lowest BCUT2D eigenvalue weighted by molar-refractivity contribution is 0.0740. The molecule has 0 spiro atoms. The number of hydrogen-bond acceptors (Lipinski definition) is 6. The summed E-state index contributed by atoms with van der Waals surface area (Å²) in [6.45, 7) is 7.88. The van der Waals surface area contributed by atoms with Gasteiger partial charge >= 0.3 is 0 Å². The highest BCUT2D eigenvalue weighted by molar-refractivity contribution is 5.93. The van der Waals surface area contributed by atoms with Crippen molar-refractivity contribution < 1.29 is 9.53 Å². The number of para-hydroxylation sites is 2. The van der Waals surface area contributed by atoms with Gasteiger partial charge < -0.3 is 19.9 Å². The lowest BCUT2D eigenvalue weighted by Crippen LogP contribution is -2.49. The molecule has 144 valence electrons. The maximum atomic E-state index is 12.8. The van der Waals surface area contributed by atoms with Gasteiger partial charge in [0.15, 0.2) is 0 Å². The van der Waals surface area contributed by atoms with Crippen molar-refractivity contribution in [3.63, 3.8) is 0 Å². The largest absolute Gasteiger partial charge is 0.495 e. The third kappa shape index (κ3) is 4.67. The Hall–Kier alpha value is -2.83. The fourth-order valence-corrected chi connectivity index (χ4v) is 3.08. The number of anilines is 2. The first-order valence-electron chi connectivity index (χ1n) is 9.31. The molecule has 7 heteroatoms. The first-order valence-corrected chi connectivity index (χ1v) is 9.31. The van der Waals surface area contributed by atoms with E-state index in [0.717, 1.165) is 31.1 Å². The van der Waals surface area contributed by atoms with Gasteiger partial charge in [-0.2, -0.15) is 0 Å². The Labute approximate surface area is 160 Å². The molecule has 1 N–H and O–H groups in total. The molecule has 1 fully saturated rings. The predicted octanol–water partition coefficient (Wildman–Crippen LogP) is 2.52. The smallest absolute Gasteiger partial charge is 0.272 e. The summed E-state index contributed by atoms with van der Waals surface area (Å²) in [5.41, 5.74) is 1.50. The highest BCUT2D eigenvalue weighted by Crippen LogP contribution is 2.28. The SMILES string of the molecule is COc1ccccc1N1CCN(C(=O)c2cc(NCC(C)C)ncn2)CC1. The summed E-state index contributed by atoms with van der Waals surface area (Å²) in [4.78, 5) is 25.3. The van der Waals surface area contributed by atoms with Crippen LogP contribution in [0.5, 0.6) is 5.75 Å². The van der Waals surface area contributed by atoms with Crippen LogP contribution < -0.4 is 15.0 Å². The van der Waals surface area contributed by atoms with E-state index in [9.17, 15) is 4.79 Å². The van der Waals surface area contributed by atoms with Crippen molar-refractivity contribution in [1.29, 1.82) is 0 Å². The van der Waals surface area contributed by atoms with E-state index < -0.39 is 0 Å². The van der Waals surface area contributed by atoms with Gasteiger partial charge in [-0.25, -0.2) is 9.97 Å². The maximum absolute atomic E-state index is 12.8. The third-order valence-corrected chi connectivity index (χ3v) is 4.57. The summed E-state index contributed by atoms with van der Waals surface area (Å²) in [5, 5.41) is 3.24. The van der Waals surface area contributed by atoms with Crippen LogP contribution in [0.15, 0.2) is 36.7 Å². The Morgan fingerprint density at radius 3 is 2.63 bits per heavy atom. The molecule has 1 amide bonds. The van der Waals surface area contributed by atoms with Crippen LogP contribution in [0.3, 0.4) is 0 Å². The number of carbonyl (C=O) groups excluding carboxylic acids is 1. The minimum absolute atomic E-state index is 0.0512. The van der Waals surface area contributed by atoms with Crippen molar-refractivity contribution in [2.24, 2.45) is 5.92 Å². The number of hydrogen-bond donors (Lipinski definition) is 1. The molecule has 1 aromatic heterocycles. The van der Waals surface area contributed by atoms with E-state index in [0.29, 0.717) is 30.5 Å². The number of benzene rings is 1. The van der Waals surface area contributed by atoms with Crippen molar-refractivity contribution in [2.45, 2.75) is 13.8 Å². The summed E-state index contributed by atoms with van der Waals surface area (Å²) in [6.07, 6.45) is 1.45.